The normalized spacial score (nSPS) is 13.0. The lowest BCUT2D eigenvalue weighted by Gasteiger charge is -1.97. The van der Waals surface area contributed by atoms with Crippen LogP contribution in [-0.2, 0) is 0 Å². The van der Waals surface area contributed by atoms with Crippen LogP contribution in [0.25, 0.3) is 0 Å². The molecule has 1 rings (SSSR count). The van der Waals surface area contributed by atoms with Crippen molar-refractivity contribution in [2.45, 2.75) is 6.92 Å². The molecule has 4 N–H and O–H groups in total. The van der Waals surface area contributed by atoms with Gasteiger partial charge < -0.3 is 11.5 Å². The fourth-order valence-electron chi connectivity index (χ4n) is 0.647. The van der Waals surface area contributed by atoms with Crippen LogP contribution in [0.3, 0.4) is 0 Å². The fourth-order valence-corrected chi connectivity index (χ4v) is 0.647. The van der Waals surface area contributed by atoms with E-state index in [9.17, 15) is 0 Å². The van der Waals surface area contributed by atoms with Gasteiger partial charge in [-0.15, -0.1) is 0 Å². The molecule has 5 heteroatoms. The van der Waals surface area contributed by atoms with Crippen LogP contribution in [0.15, 0.2) is 35.4 Å². The minimum Gasteiger partial charge on any atom is -0.404 e. The van der Waals surface area contributed by atoms with Crippen molar-refractivity contribution in [3.63, 3.8) is 0 Å². The molecule has 0 aliphatic heterocycles. The number of aromatic nitrogens is 2. The largest absolute Gasteiger partial charge is 0.404 e. The van der Waals surface area contributed by atoms with Gasteiger partial charge in [-0.1, -0.05) is 0 Å². The van der Waals surface area contributed by atoms with Crippen molar-refractivity contribution < 1.29 is 0 Å². The number of aliphatic imine (C=N–C) groups is 1. The van der Waals surface area contributed by atoms with E-state index in [0.29, 0.717) is 11.7 Å². The predicted molar refractivity (Wildman–Crippen MR) is 51.3 cm³/mol. The van der Waals surface area contributed by atoms with Crippen LogP contribution < -0.4 is 11.5 Å². The van der Waals surface area contributed by atoms with Crippen molar-refractivity contribution in [3.8, 4) is 0 Å². The van der Waals surface area contributed by atoms with Crippen LogP contribution in [-0.4, -0.2) is 15.8 Å². The Bertz CT molecular complexity index is 328. The molecule has 0 aliphatic rings. The summed E-state index contributed by atoms with van der Waals surface area (Å²) in [6, 6.07) is 1.66. The lowest BCUT2D eigenvalue weighted by atomic mass is 10.3. The molecule has 0 spiro atoms. The highest BCUT2D eigenvalue weighted by Gasteiger charge is 1.95. The van der Waals surface area contributed by atoms with Gasteiger partial charge in [0.1, 0.15) is 12.2 Å². The number of nitrogens with zero attached hydrogens (tertiary/aromatic N) is 3. The van der Waals surface area contributed by atoms with Crippen molar-refractivity contribution in [1.82, 2.24) is 9.97 Å². The maximum atomic E-state index is 5.60. The number of rotatable bonds is 2. The van der Waals surface area contributed by atoms with Gasteiger partial charge in [0, 0.05) is 24.0 Å². The van der Waals surface area contributed by atoms with Gasteiger partial charge in [0.15, 0.2) is 5.82 Å². The lowest BCUT2D eigenvalue weighted by Crippen LogP contribution is -2.13. The third-order valence-corrected chi connectivity index (χ3v) is 1.46. The van der Waals surface area contributed by atoms with Gasteiger partial charge in [0.25, 0.3) is 0 Å². The highest BCUT2D eigenvalue weighted by Crippen LogP contribution is 2.04. The van der Waals surface area contributed by atoms with E-state index in [1.165, 1.54) is 12.5 Å². The quantitative estimate of drug-likeness (QED) is 0.503. The van der Waals surface area contributed by atoms with Gasteiger partial charge in [0.2, 0.25) is 0 Å². The summed E-state index contributed by atoms with van der Waals surface area (Å²) in [6.45, 7) is 1.78. The average Bonchev–Trinajstić information content (AvgIpc) is 2.18. The molecule has 1 aromatic heterocycles. The first kappa shape index (κ1) is 9.18. The molecular formula is C8H11N5. The monoisotopic (exact) mass is 177 g/mol. The van der Waals surface area contributed by atoms with Crippen LogP contribution in [0.5, 0.6) is 0 Å². The Morgan fingerprint density at radius 2 is 2.38 bits per heavy atom. The van der Waals surface area contributed by atoms with Crippen molar-refractivity contribution in [3.05, 3.63) is 30.4 Å². The van der Waals surface area contributed by atoms with E-state index in [1.807, 2.05) is 0 Å². The summed E-state index contributed by atoms with van der Waals surface area (Å²) in [5, 5.41) is 0. The molecule has 1 aromatic rings. The highest BCUT2D eigenvalue weighted by molar-refractivity contribution is 5.97. The molecule has 0 aliphatic carbocycles. The summed E-state index contributed by atoms with van der Waals surface area (Å²) in [5.41, 5.74) is 11.6. The van der Waals surface area contributed by atoms with Crippen LogP contribution in [0.2, 0.25) is 0 Å². The highest BCUT2D eigenvalue weighted by atomic mass is 15.0. The van der Waals surface area contributed by atoms with Crippen molar-refractivity contribution >= 4 is 11.7 Å². The van der Waals surface area contributed by atoms with Crippen molar-refractivity contribution in [2.24, 2.45) is 16.5 Å². The first-order valence-electron chi connectivity index (χ1n) is 3.73. The van der Waals surface area contributed by atoms with Gasteiger partial charge in [-0.05, 0) is 6.92 Å². The fraction of sp³-hybridized carbons (Fsp3) is 0.125. The summed E-state index contributed by atoms with van der Waals surface area (Å²) < 4.78 is 0. The minimum atomic E-state index is 0.362. The maximum Gasteiger partial charge on any atom is 0.157 e. The topological polar surface area (TPSA) is 90.2 Å². The van der Waals surface area contributed by atoms with Gasteiger partial charge in [0.05, 0.1) is 0 Å². The summed E-state index contributed by atoms with van der Waals surface area (Å²) in [5.74, 6) is 0.884. The summed E-state index contributed by atoms with van der Waals surface area (Å²) in [4.78, 5) is 11.7. The van der Waals surface area contributed by atoms with Gasteiger partial charge in [-0.2, -0.15) is 0 Å². The Labute approximate surface area is 76.2 Å². The Morgan fingerprint density at radius 3 is 2.92 bits per heavy atom. The molecule has 5 nitrogen and oxygen atoms in total. The van der Waals surface area contributed by atoms with E-state index in [1.54, 1.807) is 19.2 Å². The average molecular weight is 177 g/mol. The Morgan fingerprint density at radius 1 is 1.62 bits per heavy atom. The first-order chi connectivity index (χ1) is 6.24. The van der Waals surface area contributed by atoms with Crippen LogP contribution in [0, 0.1) is 0 Å². The van der Waals surface area contributed by atoms with E-state index in [4.69, 9.17) is 11.5 Å². The molecule has 0 atom stereocenters. The predicted octanol–water partition coefficient (Wildman–Crippen LogP) is 0.328. The van der Waals surface area contributed by atoms with Gasteiger partial charge in [-0.3, -0.25) is 0 Å². The third-order valence-electron chi connectivity index (χ3n) is 1.46. The zero-order chi connectivity index (χ0) is 9.68. The lowest BCUT2D eigenvalue weighted by molar-refractivity contribution is 1.15. The Kier molecular flexibility index (Phi) is 2.97. The molecule has 0 bridgehead atoms. The van der Waals surface area contributed by atoms with E-state index < -0.39 is 0 Å². The summed E-state index contributed by atoms with van der Waals surface area (Å²) in [6.07, 6.45) is 4.41. The second-order valence-electron chi connectivity index (χ2n) is 2.41. The second-order valence-corrected chi connectivity index (χ2v) is 2.41. The SMILES string of the molecule is C/C(=C/N)C(N)=Nc1ccncn1. The molecular weight excluding hydrogens is 166 g/mol. The zero-order valence-corrected chi connectivity index (χ0v) is 7.31. The number of hydrogen-bond acceptors (Lipinski definition) is 4. The van der Waals surface area contributed by atoms with E-state index >= 15 is 0 Å². The van der Waals surface area contributed by atoms with E-state index in [0.717, 1.165) is 5.57 Å². The number of nitrogens with two attached hydrogens (primary N) is 2. The number of amidine groups is 1. The molecule has 0 saturated heterocycles. The van der Waals surface area contributed by atoms with Crippen molar-refractivity contribution in [2.75, 3.05) is 0 Å². The molecule has 13 heavy (non-hydrogen) atoms. The molecule has 0 amide bonds. The second kappa shape index (κ2) is 4.20. The molecule has 0 aromatic carbocycles. The van der Waals surface area contributed by atoms with Crippen LogP contribution in [0.1, 0.15) is 6.92 Å². The first-order valence-corrected chi connectivity index (χ1v) is 3.73. The van der Waals surface area contributed by atoms with Gasteiger partial charge in [-0.25, -0.2) is 15.0 Å². The Balaban J connectivity index is 2.89. The molecule has 1 heterocycles. The zero-order valence-electron chi connectivity index (χ0n) is 7.31. The van der Waals surface area contributed by atoms with Crippen molar-refractivity contribution in [1.29, 1.82) is 0 Å². The summed E-state index contributed by atoms with van der Waals surface area (Å²) >= 11 is 0. The molecule has 0 fully saturated rings. The number of hydrogen-bond donors (Lipinski definition) is 2. The molecule has 68 valence electrons. The minimum absolute atomic E-state index is 0.362. The summed E-state index contributed by atoms with van der Waals surface area (Å²) in [7, 11) is 0. The maximum absolute atomic E-state index is 5.60. The van der Waals surface area contributed by atoms with Crippen LogP contribution in [0.4, 0.5) is 5.82 Å². The molecule has 0 saturated carbocycles. The molecule has 0 radical (unpaired) electrons. The Hall–Kier alpha value is -1.91. The standard InChI is InChI=1S/C8H11N5/c1-6(4-9)8(10)13-7-2-3-11-5-12-7/h2-5H,9H2,1H3,(H2,10,11,12,13)/b6-4-. The van der Waals surface area contributed by atoms with E-state index in [2.05, 4.69) is 15.0 Å². The smallest absolute Gasteiger partial charge is 0.157 e. The molecule has 0 unspecified atom stereocenters. The van der Waals surface area contributed by atoms with Crippen LogP contribution >= 0.6 is 0 Å². The van der Waals surface area contributed by atoms with Gasteiger partial charge >= 0.3 is 0 Å². The third kappa shape index (κ3) is 2.55. The van der Waals surface area contributed by atoms with E-state index in [-0.39, 0.29) is 0 Å².